The number of amides is 1. The second kappa shape index (κ2) is 5.39. The normalized spacial score (nSPS) is 19.6. The Bertz CT molecular complexity index is 461. The average Bonchev–Trinajstić information content (AvgIpc) is 2.80. The molecule has 98 valence electrons. The van der Waals surface area contributed by atoms with Gasteiger partial charge in [-0.05, 0) is 37.0 Å². The molecule has 0 radical (unpaired) electrons. The van der Waals surface area contributed by atoms with Crippen LogP contribution in [0.25, 0.3) is 0 Å². The molecule has 1 aliphatic heterocycles. The van der Waals surface area contributed by atoms with Crippen LogP contribution in [0.5, 0.6) is 0 Å². The molecule has 1 fully saturated rings. The number of carbonyl (C=O) groups is 1. The van der Waals surface area contributed by atoms with E-state index in [1.807, 2.05) is 4.90 Å². The van der Waals surface area contributed by atoms with Gasteiger partial charge in [-0.2, -0.15) is 0 Å². The molecule has 2 rings (SSSR count). The van der Waals surface area contributed by atoms with Gasteiger partial charge in [-0.3, -0.25) is 4.79 Å². The zero-order valence-corrected chi connectivity index (χ0v) is 12.2. The SMILES string of the molecule is CC(C)C1CCCN1C(=O)c1cc(Br)ccc1F. The van der Waals surface area contributed by atoms with Crippen LogP contribution in [0, 0.1) is 11.7 Å². The van der Waals surface area contributed by atoms with Crippen molar-refractivity contribution in [3.05, 3.63) is 34.1 Å². The molecule has 0 N–H and O–H groups in total. The lowest BCUT2D eigenvalue weighted by molar-refractivity contribution is 0.0696. The lowest BCUT2D eigenvalue weighted by Gasteiger charge is -2.28. The molecule has 18 heavy (non-hydrogen) atoms. The van der Waals surface area contributed by atoms with Crippen molar-refractivity contribution in [1.29, 1.82) is 0 Å². The standard InChI is InChI=1S/C14H17BrFNO/c1-9(2)13-4-3-7-17(13)14(18)11-8-10(15)5-6-12(11)16/h5-6,8-9,13H,3-4,7H2,1-2H3. The first-order valence-electron chi connectivity index (χ1n) is 6.26. The third-order valence-electron chi connectivity index (χ3n) is 3.49. The van der Waals surface area contributed by atoms with Crippen LogP contribution in [0.3, 0.4) is 0 Å². The summed E-state index contributed by atoms with van der Waals surface area (Å²) in [6.45, 7) is 4.94. The molecule has 1 unspecified atom stereocenters. The first-order chi connectivity index (χ1) is 8.50. The average molecular weight is 314 g/mol. The number of benzene rings is 1. The molecule has 1 aromatic carbocycles. The van der Waals surface area contributed by atoms with E-state index in [-0.39, 0.29) is 17.5 Å². The lowest BCUT2D eigenvalue weighted by Crippen LogP contribution is -2.38. The predicted octanol–water partition coefficient (Wildman–Crippen LogP) is 3.85. The summed E-state index contributed by atoms with van der Waals surface area (Å²) in [5.74, 6) is -0.228. The molecule has 4 heteroatoms. The fourth-order valence-corrected chi connectivity index (χ4v) is 2.91. The molecule has 0 aliphatic carbocycles. The minimum absolute atomic E-state index is 0.164. The van der Waals surface area contributed by atoms with Crippen molar-refractivity contribution in [3.63, 3.8) is 0 Å². The Morgan fingerprint density at radius 1 is 1.50 bits per heavy atom. The Labute approximate surface area is 115 Å². The third-order valence-corrected chi connectivity index (χ3v) is 3.98. The summed E-state index contributed by atoms with van der Waals surface area (Å²) in [6.07, 6.45) is 2.02. The van der Waals surface area contributed by atoms with Crippen molar-refractivity contribution in [1.82, 2.24) is 4.90 Å². The second-order valence-electron chi connectivity index (χ2n) is 5.08. The fourth-order valence-electron chi connectivity index (χ4n) is 2.55. The van der Waals surface area contributed by atoms with Crippen LogP contribution in [0.15, 0.2) is 22.7 Å². The molecule has 0 aromatic heterocycles. The van der Waals surface area contributed by atoms with E-state index in [9.17, 15) is 9.18 Å². The van der Waals surface area contributed by atoms with Crippen LogP contribution >= 0.6 is 15.9 Å². The second-order valence-corrected chi connectivity index (χ2v) is 5.99. The number of halogens is 2. The Morgan fingerprint density at radius 3 is 2.89 bits per heavy atom. The quantitative estimate of drug-likeness (QED) is 0.812. The number of likely N-dealkylation sites (tertiary alicyclic amines) is 1. The first-order valence-corrected chi connectivity index (χ1v) is 7.06. The lowest BCUT2D eigenvalue weighted by atomic mass is 10.0. The molecule has 0 bridgehead atoms. The molecule has 1 aromatic rings. The highest BCUT2D eigenvalue weighted by atomic mass is 79.9. The van der Waals surface area contributed by atoms with E-state index in [1.54, 1.807) is 12.1 Å². The molecular formula is C14H17BrFNO. The molecule has 1 saturated heterocycles. The van der Waals surface area contributed by atoms with E-state index in [2.05, 4.69) is 29.8 Å². The topological polar surface area (TPSA) is 20.3 Å². The number of hydrogen-bond acceptors (Lipinski definition) is 1. The summed E-state index contributed by atoms with van der Waals surface area (Å²) in [5.41, 5.74) is 0.164. The van der Waals surface area contributed by atoms with E-state index >= 15 is 0 Å². The maximum absolute atomic E-state index is 13.7. The van der Waals surface area contributed by atoms with Crippen molar-refractivity contribution in [3.8, 4) is 0 Å². The summed E-state index contributed by atoms with van der Waals surface area (Å²) in [4.78, 5) is 14.2. The molecule has 1 aliphatic rings. The number of carbonyl (C=O) groups excluding carboxylic acids is 1. The van der Waals surface area contributed by atoms with Crippen molar-refractivity contribution in [2.24, 2.45) is 5.92 Å². The number of rotatable bonds is 2. The minimum Gasteiger partial charge on any atom is -0.335 e. The van der Waals surface area contributed by atoms with Gasteiger partial charge in [-0.1, -0.05) is 29.8 Å². The van der Waals surface area contributed by atoms with Gasteiger partial charge in [0.05, 0.1) is 5.56 Å². The maximum atomic E-state index is 13.7. The monoisotopic (exact) mass is 313 g/mol. The van der Waals surface area contributed by atoms with Crippen LogP contribution in [0.4, 0.5) is 4.39 Å². The summed E-state index contributed by atoms with van der Waals surface area (Å²) >= 11 is 3.28. The van der Waals surface area contributed by atoms with Crippen molar-refractivity contribution in [2.75, 3.05) is 6.54 Å². The zero-order chi connectivity index (χ0) is 13.3. The van der Waals surface area contributed by atoms with Gasteiger partial charge in [0.15, 0.2) is 0 Å². The Kier molecular flexibility index (Phi) is 4.05. The highest BCUT2D eigenvalue weighted by molar-refractivity contribution is 9.10. The maximum Gasteiger partial charge on any atom is 0.257 e. The van der Waals surface area contributed by atoms with Gasteiger partial charge in [0.25, 0.3) is 5.91 Å². The van der Waals surface area contributed by atoms with E-state index in [4.69, 9.17) is 0 Å². The highest BCUT2D eigenvalue weighted by Crippen LogP contribution is 2.27. The zero-order valence-electron chi connectivity index (χ0n) is 10.6. The van der Waals surface area contributed by atoms with Crippen LogP contribution in [-0.4, -0.2) is 23.4 Å². The van der Waals surface area contributed by atoms with Crippen molar-refractivity contribution in [2.45, 2.75) is 32.7 Å². The highest BCUT2D eigenvalue weighted by Gasteiger charge is 2.32. The van der Waals surface area contributed by atoms with E-state index < -0.39 is 5.82 Å². The minimum atomic E-state index is -0.447. The summed E-state index contributed by atoms with van der Waals surface area (Å²) in [5, 5.41) is 0. The Hall–Kier alpha value is -0.900. The summed E-state index contributed by atoms with van der Waals surface area (Å²) < 4.78 is 14.5. The molecule has 1 amide bonds. The van der Waals surface area contributed by atoms with E-state index in [1.165, 1.54) is 6.07 Å². The van der Waals surface area contributed by atoms with Gasteiger partial charge in [0.1, 0.15) is 5.82 Å². The molecule has 2 nitrogen and oxygen atoms in total. The van der Waals surface area contributed by atoms with Crippen molar-refractivity contribution < 1.29 is 9.18 Å². The van der Waals surface area contributed by atoms with Crippen LogP contribution in [0.1, 0.15) is 37.0 Å². The van der Waals surface area contributed by atoms with Gasteiger partial charge < -0.3 is 4.90 Å². The molecule has 0 spiro atoms. The smallest absolute Gasteiger partial charge is 0.257 e. The van der Waals surface area contributed by atoms with Gasteiger partial charge in [0, 0.05) is 17.1 Å². The predicted molar refractivity (Wildman–Crippen MR) is 73.0 cm³/mol. The third kappa shape index (κ3) is 2.58. The largest absolute Gasteiger partial charge is 0.335 e. The molecular weight excluding hydrogens is 297 g/mol. The number of nitrogens with zero attached hydrogens (tertiary/aromatic N) is 1. The first kappa shape index (κ1) is 13.5. The molecule has 1 atom stereocenters. The van der Waals surface area contributed by atoms with Gasteiger partial charge in [-0.25, -0.2) is 4.39 Å². The summed E-state index contributed by atoms with van der Waals surface area (Å²) in [6, 6.07) is 4.73. The van der Waals surface area contributed by atoms with Crippen LogP contribution in [-0.2, 0) is 0 Å². The van der Waals surface area contributed by atoms with Crippen molar-refractivity contribution >= 4 is 21.8 Å². The van der Waals surface area contributed by atoms with Crippen LogP contribution < -0.4 is 0 Å². The number of hydrogen-bond donors (Lipinski definition) is 0. The summed E-state index contributed by atoms with van der Waals surface area (Å²) in [7, 11) is 0. The van der Waals surface area contributed by atoms with Crippen LogP contribution in [0.2, 0.25) is 0 Å². The Morgan fingerprint density at radius 2 is 2.22 bits per heavy atom. The van der Waals surface area contributed by atoms with Gasteiger partial charge >= 0.3 is 0 Å². The fraction of sp³-hybridized carbons (Fsp3) is 0.500. The van der Waals surface area contributed by atoms with Gasteiger partial charge in [0.2, 0.25) is 0 Å². The molecule has 1 heterocycles. The van der Waals surface area contributed by atoms with E-state index in [0.717, 1.165) is 23.9 Å². The Balaban J connectivity index is 2.28. The van der Waals surface area contributed by atoms with Gasteiger partial charge in [-0.15, -0.1) is 0 Å². The van der Waals surface area contributed by atoms with E-state index in [0.29, 0.717) is 5.92 Å². The molecule has 0 saturated carbocycles.